The molecule has 21 heavy (non-hydrogen) atoms. The molecule has 0 aromatic heterocycles. The van der Waals surface area contributed by atoms with E-state index in [0.717, 1.165) is 25.4 Å². The third-order valence-corrected chi connectivity index (χ3v) is 3.79. The van der Waals surface area contributed by atoms with Crippen LogP contribution in [0.4, 0.5) is 0 Å². The van der Waals surface area contributed by atoms with E-state index in [1.54, 1.807) is 7.11 Å². The van der Waals surface area contributed by atoms with Gasteiger partial charge in [-0.25, -0.2) is 0 Å². The third-order valence-electron chi connectivity index (χ3n) is 3.79. The highest BCUT2D eigenvalue weighted by Crippen LogP contribution is 2.21. The zero-order valence-corrected chi connectivity index (χ0v) is 14.6. The van der Waals surface area contributed by atoms with E-state index in [2.05, 4.69) is 57.1 Å². The number of likely N-dealkylation sites (N-methyl/N-ethyl adjacent to an activating group) is 1. The molecule has 0 amide bonds. The number of ether oxygens (including phenoxy) is 1. The summed E-state index contributed by atoms with van der Waals surface area (Å²) in [5, 5.41) is 3.68. The van der Waals surface area contributed by atoms with E-state index in [9.17, 15) is 0 Å². The normalized spacial score (nSPS) is 13.5. The molecule has 0 aliphatic rings. The fourth-order valence-corrected chi connectivity index (χ4v) is 2.38. The monoisotopic (exact) mass is 292 g/mol. The Balaban J connectivity index is 2.57. The van der Waals surface area contributed by atoms with Crippen LogP contribution in [-0.4, -0.2) is 38.2 Å². The van der Waals surface area contributed by atoms with E-state index < -0.39 is 0 Å². The maximum atomic E-state index is 5.20. The molecule has 0 aliphatic carbocycles. The van der Waals surface area contributed by atoms with Crippen molar-refractivity contribution < 1.29 is 4.74 Å². The molecule has 1 atom stereocenters. The summed E-state index contributed by atoms with van der Waals surface area (Å²) in [7, 11) is 3.89. The molecule has 0 heterocycles. The number of hydrogen-bond donors (Lipinski definition) is 1. The van der Waals surface area contributed by atoms with Crippen LogP contribution >= 0.6 is 0 Å². The lowest BCUT2D eigenvalue weighted by atomic mass is 9.86. The molecular weight excluding hydrogens is 260 g/mol. The number of nitrogens with zero attached hydrogens (tertiary/aromatic N) is 1. The molecule has 0 radical (unpaired) electrons. The zero-order valence-electron chi connectivity index (χ0n) is 14.6. The largest absolute Gasteiger partial charge is 0.497 e. The van der Waals surface area contributed by atoms with Crippen molar-refractivity contribution in [2.45, 2.75) is 46.7 Å². The Kier molecular flexibility index (Phi) is 7.20. The maximum Gasteiger partial charge on any atom is 0.118 e. The van der Waals surface area contributed by atoms with Crippen LogP contribution in [0.25, 0.3) is 0 Å². The Labute approximate surface area is 130 Å². The van der Waals surface area contributed by atoms with Gasteiger partial charge in [0.05, 0.1) is 7.11 Å². The first-order valence-corrected chi connectivity index (χ1v) is 7.91. The van der Waals surface area contributed by atoms with E-state index >= 15 is 0 Å². The van der Waals surface area contributed by atoms with Gasteiger partial charge in [-0.15, -0.1) is 0 Å². The minimum absolute atomic E-state index is 0.267. The van der Waals surface area contributed by atoms with Crippen LogP contribution in [0.3, 0.4) is 0 Å². The number of hydrogen-bond acceptors (Lipinski definition) is 3. The molecule has 1 aromatic carbocycles. The van der Waals surface area contributed by atoms with Gasteiger partial charge in [0, 0.05) is 19.1 Å². The summed E-state index contributed by atoms with van der Waals surface area (Å²) < 4.78 is 5.20. The second-order valence-corrected chi connectivity index (χ2v) is 6.92. The van der Waals surface area contributed by atoms with Crippen molar-refractivity contribution in [1.29, 1.82) is 0 Å². The lowest BCUT2D eigenvalue weighted by Gasteiger charge is -2.35. The Morgan fingerprint density at radius 3 is 2.29 bits per heavy atom. The lowest BCUT2D eigenvalue weighted by Crippen LogP contribution is -2.47. The van der Waals surface area contributed by atoms with Crippen LogP contribution < -0.4 is 10.1 Å². The number of methoxy groups -OCH3 is 1. The van der Waals surface area contributed by atoms with Crippen LogP contribution in [-0.2, 0) is 6.54 Å². The predicted molar refractivity (Wildman–Crippen MR) is 90.9 cm³/mol. The minimum Gasteiger partial charge on any atom is -0.497 e. The van der Waals surface area contributed by atoms with Crippen LogP contribution in [0.2, 0.25) is 0 Å². The summed E-state index contributed by atoms with van der Waals surface area (Å²) in [5.41, 5.74) is 1.59. The van der Waals surface area contributed by atoms with Gasteiger partial charge in [0.1, 0.15) is 5.75 Å². The molecule has 1 unspecified atom stereocenters. The highest BCUT2D eigenvalue weighted by atomic mass is 16.5. The van der Waals surface area contributed by atoms with Crippen molar-refractivity contribution >= 4 is 0 Å². The second-order valence-electron chi connectivity index (χ2n) is 6.92. The van der Waals surface area contributed by atoms with E-state index in [4.69, 9.17) is 4.74 Å². The molecule has 0 saturated carbocycles. The van der Waals surface area contributed by atoms with Gasteiger partial charge in [-0.2, -0.15) is 0 Å². The summed E-state index contributed by atoms with van der Waals surface area (Å²) in [6.07, 6.45) is 1.18. The lowest BCUT2D eigenvalue weighted by molar-refractivity contribution is 0.190. The molecule has 1 aromatic rings. The Hall–Kier alpha value is -1.06. The minimum atomic E-state index is 0.267. The molecule has 0 bridgehead atoms. The summed E-state index contributed by atoms with van der Waals surface area (Å²) in [6, 6.07) is 8.84. The van der Waals surface area contributed by atoms with Crippen molar-refractivity contribution in [2.24, 2.45) is 5.41 Å². The molecule has 3 nitrogen and oxygen atoms in total. The molecule has 3 heteroatoms. The number of nitrogens with one attached hydrogen (secondary N) is 1. The average molecular weight is 292 g/mol. The molecule has 1 rings (SSSR count). The molecule has 0 saturated heterocycles. The predicted octanol–water partition coefficient (Wildman–Crippen LogP) is 3.54. The zero-order chi connectivity index (χ0) is 15.9. The van der Waals surface area contributed by atoms with Crippen molar-refractivity contribution in [3.8, 4) is 5.75 Å². The van der Waals surface area contributed by atoms with Gasteiger partial charge in [0.15, 0.2) is 0 Å². The van der Waals surface area contributed by atoms with Gasteiger partial charge in [-0.1, -0.05) is 39.8 Å². The van der Waals surface area contributed by atoms with Crippen LogP contribution in [0, 0.1) is 5.41 Å². The fraction of sp³-hybridized carbons (Fsp3) is 0.667. The topological polar surface area (TPSA) is 24.5 Å². The molecular formula is C18H32N2O. The van der Waals surface area contributed by atoms with Crippen LogP contribution in [0.5, 0.6) is 5.75 Å². The molecule has 1 N–H and O–H groups in total. The highest BCUT2D eigenvalue weighted by molar-refractivity contribution is 5.27. The Bertz CT molecular complexity index is 395. The van der Waals surface area contributed by atoms with E-state index in [-0.39, 0.29) is 5.41 Å². The quantitative estimate of drug-likeness (QED) is 0.793. The summed E-state index contributed by atoms with van der Waals surface area (Å²) in [6.45, 7) is 12.2. The van der Waals surface area contributed by atoms with E-state index in [1.807, 2.05) is 12.1 Å². The first-order valence-electron chi connectivity index (χ1n) is 7.91. The van der Waals surface area contributed by atoms with Gasteiger partial charge in [0.2, 0.25) is 0 Å². The van der Waals surface area contributed by atoms with Gasteiger partial charge < -0.3 is 15.0 Å². The van der Waals surface area contributed by atoms with E-state index in [1.165, 1.54) is 12.0 Å². The van der Waals surface area contributed by atoms with Crippen molar-refractivity contribution in [1.82, 2.24) is 10.2 Å². The van der Waals surface area contributed by atoms with Crippen LogP contribution in [0.15, 0.2) is 24.3 Å². The summed E-state index contributed by atoms with van der Waals surface area (Å²) >= 11 is 0. The maximum absolute atomic E-state index is 5.20. The molecule has 0 fully saturated rings. The van der Waals surface area contributed by atoms with Gasteiger partial charge in [0.25, 0.3) is 0 Å². The SMILES string of the molecule is CCCNC(CN(C)Cc1ccc(OC)cc1)C(C)(C)C. The van der Waals surface area contributed by atoms with Gasteiger partial charge >= 0.3 is 0 Å². The first-order chi connectivity index (χ1) is 9.86. The number of rotatable bonds is 8. The first kappa shape index (κ1) is 18.0. The summed E-state index contributed by atoms with van der Waals surface area (Å²) in [5.74, 6) is 0.915. The standard InChI is InChI=1S/C18H32N2O/c1-7-12-19-17(18(2,3)4)14-20(5)13-15-8-10-16(21-6)11-9-15/h8-11,17,19H,7,12-14H2,1-6H3. The smallest absolute Gasteiger partial charge is 0.118 e. The van der Waals surface area contributed by atoms with Gasteiger partial charge in [-0.05, 0) is 43.1 Å². The molecule has 0 spiro atoms. The van der Waals surface area contributed by atoms with Crippen molar-refractivity contribution in [3.05, 3.63) is 29.8 Å². The molecule has 120 valence electrons. The highest BCUT2D eigenvalue weighted by Gasteiger charge is 2.24. The van der Waals surface area contributed by atoms with E-state index in [0.29, 0.717) is 6.04 Å². The molecule has 0 aliphatic heterocycles. The van der Waals surface area contributed by atoms with Crippen LogP contribution in [0.1, 0.15) is 39.7 Å². The fourth-order valence-electron chi connectivity index (χ4n) is 2.38. The second kappa shape index (κ2) is 8.40. The Morgan fingerprint density at radius 1 is 1.19 bits per heavy atom. The van der Waals surface area contributed by atoms with Crippen molar-refractivity contribution in [2.75, 3.05) is 27.2 Å². The summed E-state index contributed by atoms with van der Waals surface area (Å²) in [4.78, 5) is 2.39. The van der Waals surface area contributed by atoms with Crippen molar-refractivity contribution in [3.63, 3.8) is 0 Å². The average Bonchev–Trinajstić information content (AvgIpc) is 2.43. The Morgan fingerprint density at radius 2 is 1.81 bits per heavy atom. The number of benzene rings is 1. The van der Waals surface area contributed by atoms with Gasteiger partial charge in [-0.3, -0.25) is 0 Å². The third kappa shape index (κ3) is 6.49.